The van der Waals surface area contributed by atoms with Gasteiger partial charge in [0, 0.05) is 17.8 Å². The Kier molecular flexibility index (Phi) is 3.87. The zero-order valence-electron chi connectivity index (χ0n) is 13.1. The number of carbonyl (C=O) groups is 1. The van der Waals surface area contributed by atoms with Crippen LogP contribution >= 0.6 is 0 Å². The summed E-state index contributed by atoms with van der Waals surface area (Å²) in [6.45, 7) is 0.735. The number of hydrogen-bond donors (Lipinski definition) is 2. The van der Waals surface area contributed by atoms with Gasteiger partial charge in [-0.1, -0.05) is 23.4 Å². The summed E-state index contributed by atoms with van der Waals surface area (Å²) in [5.74, 6) is -0.263. The van der Waals surface area contributed by atoms with Crippen molar-refractivity contribution in [2.75, 3.05) is 0 Å². The predicted molar refractivity (Wildman–Crippen MR) is 88.4 cm³/mol. The van der Waals surface area contributed by atoms with Crippen LogP contribution < -0.4 is 5.32 Å². The largest absolute Gasteiger partial charge is 0.345 e. The summed E-state index contributed by atoms with van der Waals surface area (Å²) >= 11 is 0. The molecule has 4 rings (SSSR count). The van der Waals surface area contributed by atoms with E-state index in [0.717, 1.165) is 16.6 Å². The SMILES string of the molecule is O=C(NCc1cn(Cc2cnccn2)nn1)c1n[nH]c2ccccc12. The first-order chi connectivity index (χ1) is 12.3. The van der Waals surface area contributed by atoms with Gasteiger partial charge in [0.25, 0.3) is 5.91 Å². The number of para-hydroxylation sites is 1. The van der Waals surface area contributed by atoms with Crippen molar-refractivity contribution < 1.29 is 4.79 Å². The molecule has 0 unspecified atom stereocenters. The Morgan fingerprint density at radius 3 is 3.00 bits per heavy atom. The lowest BCUT2D eigenvalue weighted by atomic mass is 10.2. The highest BCUT2D eigenvalue weighted by Crippen LogP contribution is 2.14. The minimum Gasteiger partial charge on any atom is -0.345 e. The van der Waals surface area contributed by atoms with Crippen LogP contribution in [0.1, 0.15) is 21.9 Å². The normalized spacial score (nSPS) is 10.9. The molecular weight excluding hydrogens is 320 g/mol. The van der Waals surface area contributed by atoms with Crippen molar-refractivity contribution in [3.8, 4) is 0 Å². The lowest BCUT2D eigenvalue weighted by Gasteiger charge is -2.00. The Bertz CT molecular complexity index is 1010. The number of H-pyrrole nitrogens is 1. The van der Waals surface area contributed by atoms with E-state index in [1.165, 1.54) is 0 Å². The third-order valence-corrected chi connectivity index (χ3v) is 3.64. The van der Waals surface area contributed by atoms with Crippen molar-refractivity contribution in [2.24, 2.45) is 0 Å². The molecule has 0 atom stereocenters. The van der Waals surface area contributed by atoms with Gasteiger partial charge in [-0.15, -0.1) is 5.10 Å². The maximum Gasteiger partial charge on any atom is 0.272 e. The molecule has 0 fully saturated rings. The monoisotopic (exact) mass is 334 g/mol. The highest BCUT2D eigenvalue weighted by atomic mass is 16.1. The van der Waals surface area contributed by atoms with Gasteiger partial charge in [0.1, 0.15) is 5.69 Å². The average Bonchev–Trinajstić information content (AvgIpc) is 3.27. The lowest BCUT2D eigenvalue weighted by Crippen LogP contribution is -2.23. The standard InChI is InChI=1S/C16H14N8O/c25-16(15-13-3-1-2-4-14(13)21-22-15)19-8-12-10-24(23-20-12)9-11-7-17-5-6-18-11/h1-7,10H,8-9H2,(H,19,25)(H,21,22). The van der Waals surface area contributed by atoms with E-state index in [4.69, 9.17) is 0 Å². The first-order valence-electron chi connectivity index (χ1n) is 7.65. The second kappa shape index (κ2) is 6.48. The van der Waals surface area contributed by atoms with Crippen LogP contribution in [0.2, 0.25) is 0 Å². The summed E-state index contributed by atoms with van der Waals surface area (Å²) in [4.78, 5) is 20.5. The van der Waals surface area contributed by atoms with Crippen LogP contribution in [0.25, 0.3) is 10.9 Å². The minimum absolute atomic E-state index is 0.263. The molecule has 1 aromatic carbocycles. The van der Waals surface area contributed by atoms with Crippen LogP contribution in [0.4, 0.5) is 0 Å². The van der Waals surface area contributed by atoms with E-state index in [1.54, 1.807) is 29.5 Å². The summed E-state index contributed by atoms with van der Waals surface area (Å²) in [5, 5.41) is 18.6. The molecule has 3 heterocycles. The molecule has 0 aliphatic heterocycles. The van der Waals surface area contributed by atoms with Gasteiger partial charge in [-0.25, -0.2) is 4.68 Å². The number of nitrogens with zero attached hydrogens (tertiary/aromatic N) is 6. The van der Waals surface area contributed by atoms with Crippen molar-refractivity contribution in [3.63, 3.8) is 0 Å². The molecule has 9 nitrogen and oxygen atoms in total. The van der Waals surface area contributed by atoms with Gasteiger partial charge in [0.05, 0.1) is 36.7 Å². The molecule has 0 bridgehead atoms. The molecule has 124 valence electrons. The molecule has 25 heavy (non-hydrogen) atoms. The summed E-state index contributed by atoms with van der Waals surface area (Å²) in [5.41, 5.74) is 2.62. The highest BCUT2D eigenvalue weighted by Gasteiger charge is 2.14. The number of hydrogen-bond acceptors (Lipinski definition) is 6. The van der Waals surface area contributed by atoms with Gasteiger partial charge in [-0.3, -0.25) is 19.9 Å². The number of carbonyl (C=O) groups excluding carboxylic acids is 1. The predicted octanol–water partition coefficient (Wildman–Crippen LogP) is 0.923. The molecule has 1 amide bonds. The van der Waals surface area contributed by atoms with E-state index in [1.807, 2.05) is 24.3 Å². The Hall–Kier alpha value is -3.62. The van der Waals surface area contributed by atoms with Crippen molar-refractivity contribution in [3.05, 3.63) is 66.1 Å². The molecule has 3 aromatic heterocycles. The zero-order valence-corrected chi connectivity index (χ0v) is 13.1. The van der Waals surface area contributed by atoms with Crippen LogP contribution in [0.3, 0.4) is 0 Å². The molecule has 0 aliphatic carbocycles. The molecule has 0 spiro atoms. The van der Waals surface area contributed by atoms with Crippen LogP contribution in [0, 0.1) is 0 Å². The first kappa shape index (κ1) is 14.9. The molecule has 9 heteroatoms. The van der Waals surface area contributed by atoms with E-state index in [9.17, 15) is 4.79 Å². The summed E-state index contributed by atoms with van der Waals surface area (Å²) in [6, 6.07) is 7.48. The average molecular weight is 334 g/mol. The molecular formula is C16H14N8O. The van der Waals surface area contributed by atoms with Crippen molar-refractivity contribution in [1.29, 1.82) is 0 Å². The summed E-state index contributed by atoms with van der Waals surface area (Å²) in [7, 11) is 0. The maximum atomic E-state index is 12.3. The molecule has 0 aliphatic rings. The third-order valence-electron chi connectivity index (χ3n) is 3.64. The van der Waals surface area contributed by atoms with E-state index in [0.29, 0.717) is 17.9 Å². The molecule has 0 saturated carbocycles. The topological polar surface area (TPSA) is 114 Å². The van der Waals surface area contributed by atoms with Crippen LogP contribution in [-0.2, 0) is 13.1 Å². The van der Waals surface area contributed by atoms with E-state index < -0.39 is 0 Å². The number of fused-ring (bicyclic) bond motifs is 1. The second-order valence-electron chi connectivity index (χ2n) is 5.40. The van der Waals surface area contributed by atoms with E-state index in [-0.39, 0.29) is 12.5 Å². The fourth-order valence-corrected chi connectivity index (χ4v) is 2.47. The van der Waals surface area contributed by atoms with Gasteiger partial charge >= 0.3 is 0 Å². The highest BCUT2D eigenvalue weighted by molar-refractivity contribution is 6.04. The van der Waals surface area contributed by atoms with Crippen LogP contribution in [0.5, 0.6) is 0 Å². The number of aromatic amines is 1. The number of benzene rings is 1. The fourth-order valence-electron chi connectivity index (χ4n) is 2.47. The Balaban J connectivity index is 1.41. The number of nitrogens with one attached hydrogen (secondary N) is 2. The molecule has 4 aromatic rings. The van der Waals surface area contributed by atoms with Gasteiger partial charge in [-0.2, -0.15) is 5.10 Å². The smallest absolute Gasteiger partial charge is 0.272 e. The van der Waals surface area contributed by atoms with Gasteiger partial charge in [-0.05, 0) is 6.07 Å². The van der Waals surface area contributed by atoms with Crippen molar-refractivity contribution in [1.82, 2.24) is 40.5 Å². The van der Waals surface area contributed by atoms with Gasteiger partial charge in [0.15, 0.2) is 5.69 Å². The molecule has 0 saturated heterocycles. The minimum atomic E-state index is -0.263. The second-order valence-corrected chi connectivity index (χ2v) is 5.40. The van der Waals surface area contributed by atoms with Gasteiger partial charge in [0.2, 0.25) is 0 Å². The number of amides is 1. The zero-order chi connectivity index (χ0) is 17.1. The van der Waals surface area contributed by atoms with Crippen LogP contribution in [-0.4, -0.2) is 41.1 Å². The van der Waals surface area contributed by atoms with Crippen molar-refractivity contribution in [2.45, 2.75) is 13.1 Å². The molecule has 0 radical (unpaired) electrons. The summed E-state index contributed by atoms with van der Waals surface area (Å²) in [6.07, 6.45) is 6.68. The van der Waals surface area contributed by atoms with Crippen molar-refractivity contribution >= 4 is 16.8 Å². The van der Waals surface area contributed by atoms with Gasteiger partial charge < -0.3 is 5.32 Å². The fraction of sp³-hybridized carbons (Fsp3) is 0.125. The maximum absolute atomic E-state index is 12.3. The third kappa shape index (κ3) is 3.20. The molecule has 2 N–H and O–H groups in total. The Morgan fingerprint density at radius 1 is 1.20 bits per heavy atom. The van der Waals surface area contributed by atoms with E-state index in [2.05, 4.69) is 35.8 Å². The lowest BCUT2D eigenvalue weighted by molar-refractivity contribution is 0.0947. The van der Waals surface area contributed by atoms with E-state index >= 15 is 0 Å². The quantitative estimate of drug-likeness (QED) is 0.561. The Morgan fingerprint density at radius 2 is 2.12 bits per heavy atom. The number of rotatable bonds is 5. The number of aromatic nitrogens is 7. The Labute approximate surface area is 142 Å². The summed E-state index contributed by atoms with van der Waals surface area (Å²) < 4.78 is 1.65. The first-order valence-corrected chi connectivity index (χ1v) is 7.65. The van der Waals surface area contributed by atoms with Crippen LogP contribution in [0.15, 0.2) is 49.1 Å².